The molecule has 0 aromatic carbocycles. The molecule has 2 N–H and O–H groups in total. The first kappa shape index (κ1) is 8.06. The Morgan fingerprint density at radius 1 is 1.56 bits per heavy atom. The van der Waals surface area contributed by atoms with Crippen LogP contribution in [0.2, 0.25) is 0 Å². The van der Waals surface area contributed by atoms with Gasteiger partial charge in [0.2, 0.25) is 0 Å². The SMILES string of the molecule is O=c1cc[nH]c(=S)[nH]1.[O]. The summed E-state index contributed by atoms with van der Waals surface area (Å²) in [5.74, 6) is 0. The third kappa shape index (κ3) is 2.20. The Morgan fingerprint density at radius 2 is 2.22 bits per heavy atom. The maximum absolute atomic E-state index is 10.3. The molecular weight excluding hydrogens is 140 g/mol. The molecule has 1 aromatic heterocycles. The zero-order valence-electron chi connectivity index (χ0n) is 4.38. The summed E-state index contributed by atoms with van der Waals surface area (Å²) in [6, 6.07) is 1.37. The molecular formula is C4H4N2O2S. The monoisotopic (exact) mass is 144 g/mol. The molecule has 0 aliphatic heterocycles. The first-order valence-electron chi connectivity index (χ1n) is 2.07. The van der Waals surface area contributed by atoms with Crippen LogP contribution in [0.5, 0.6) is 0 Å². The van der Waals surface area contributed by atoms with E-state index in [0.29, 0.717) is 4.77 Å². The lowest BCUT2D eigenvalue weighted by molar-refractivity contribution is 0.686. The van der Waals surface area contributed by atoms with Crippen molar-refractivity contribution in [3.05, 3.63) is 27.4 Å². The second-order valence-corrected chi connectivity index (χ2v) is 1.70. The van der Waals surface area contributed by atoms with Gasteiger partial charge in [0.15, 0.2) is 4.77 Å². The lowest BCUT2D eigenvalue weighted by atomic mass is 10.7. The van der Waals surface area contributed by atoms with Crippen LogP contribution in [0.4, 0.5) is 0 Å². The highest BCUT2D eigenvalue weighted by atomic mass is 32.1. The van der Waals surface area contributed by atoms with Crippen molar-refractivity contribution in [3.8, 4) is 0 Å². The summed E-state index contributed by atoms with van der Waals surface area (Å²) in [5, 5.41) is 0. The smallest absolute Gasteiger partial charge is 0.251 e. The Morgan fingerprint density at radius 3 is 2.56 bits per heavy atom. The summed E-state index contributed by atoms with van der Waals surface area (Å²) >= 11 is 4.59. The average molecular weight is 144 g/mol. The van der Waals surface area contributed by atoms with E-state index in [1.165, 1.54) is 12.3 Å². The summed E-state index contributed by atoms with van der Waals surface area (Å²) in [6.07, 6.45) is 1.50. The Labute approximate surface area is 55.9 Å². The fourth-order valence-corrected chi connectivity index (χ4v) is 0.551. The van der Waals surface area contributed by atoms with Crippen molar-refractivity contribution in [2.45, 2.75) is 0 Å². The van der Waals surface area contributed by atoms with Gasteiger partial charge in [-0.1, -0.05) is 0 Å². The van der Waals surface area contributed by atoms with Crippen LogP contribution in [0, 0.1) is 4.77 Å². The predicted molar refractivity (Wildman–Crippen MR) is 32.9 cm³/mol. The van der Waals surface area contributed by atoms with Gasteiger partial charge < -0.3 is 4.98 Å². The molecule has 0 saturated heterocycles. The van der Waals surface area contributed by atoms with Gasteiger partial charge in [-0.15, -0.1) is 0 Å². The van der Waals surface area contributed by atoms with Crippen molar-refractivity contribution in [1.82, 2.24) is 9.97 Å². The highest BCUT2D eigenvalue weighted by molar-refractivity contribution is 7.71. The van der Waals surface area contributed by atoms with Gasteiger partial charge in [0.1, 0.15) is 0 Å². The van der Waals surface area contributed by atoms with Crippen LogP contribution >= 0.6 is 12.2 Å². The minimum absolute atomic E-state index is 0. The van der Waals surface area contributed by atoms with Crippen LogP contribution in [0.1, 0.15) is 0 Å². The normalized spacial score (nSPS) is 8.00. The molecule has 0 aliphatic rings. The number of hydrogen-bond donors (Lipinski definition) is 2. The highest BCUT2D eigenvalue weighted by Gasteiger charge is 1.74. The lowest BCUT2D eigenvalue weighted by Gasteiger charge is -1.78. The van der Waals surface area contributed by atoms with Gasteiger partial charge in [-0.05, 0) is 12.2 Å². The first-order chi connectivity index (χ1) is 3.79. The molecule has 0 saturated carbocycles. The fourth-order valence-electron chi connectivity index (χ4n) is 0.383. The minimum atomic E-state index is -0.172. The number of H-pyrrole nitrogens is 2. The van der Waals surface area contributed by atoms with E-state index < -0.39 is 0 Å². The molecule has 0 fully saturated rings. The number of hydrogen-bond acceptors (Lipinski definition) is 2. The molecule has 1 aromatic rings. The van der Waals surface area contributed by atoms with Crippen molar-refractivity contribution in [3.63, 3.8) is 0 Å². The Bertz CT molecular complexity index is 251. The molecule has 0 unspecified atom stereocenters. The van der Waals surface area contributed by atoms with Gasteiger partial charge in [-0.3, -0.25) is 9.78 Å². The topological polar surface area (TPSA) is 77.2 Å². The van der Waals surface area contributed by atoms with Gasteiger partial charge in [-0.25, -0.2) is 0 Å². The largest absolute Gasteiger partial charge is 0.339 e. The summed E-state index contributed by atoms with van der Waals surface area (Å²) < 4.78 is 0.359. The van der Waals surface area contributed by atoms with E-state index in [1.807, 2.05) is 0 Å². The van der Waals surface area contributed by atoms with Crippen LogP contribution < -0.4 is 5.56 Å². The molecule has 0 spiro atoms. The van der Waals surface area contributed by atoms with Crippen molar-refractivity contribution >= 4 is 12.2 Å². The van der Waals surface area contributed by atoms with E-state index in [9.17, 15) is 4.79 Å². The zero-order chi connectivity index (χ0) is 5.98. The molecule has 0 aliphatic carbocycles. The average Bonchev–Trinajstić information content (AvgIpc) is 1.64. The predicted octanol–water partition coefficient (Wildman–Crippen LogP) is 0.314. The molecule has 9 heavy (non-hydrogen) atoms. The third-order valence-corrected chi connectivity index (χ3v) is 0.906. The highest BCUT2D eigenvalue weighted by Crippen LogP contribution is 1.67. The quantitative estimate of drug-likeness (QED) is 0.514. The van der Waals surface area contributed by atoms with Crippen molar-refractivity contribution in [1.29, 1.82) is 0 Å². The van der Waals surface area contributed by atoms with E-state index in [2.05, 4.69) is 22.2 Å². The van der Waals surface area contributed by atoms with E-state index in [4.69, 9.17) is 0 Å². The molecule has 0 bridgehead atoms. The van der Waals surface area contributed by atoms with E-state index >= 15 is 0 Å². The standard InChI is InChI=1S/C4H4N2OS.O/c7-3-1-2-5-4(8)6-3;/h1-2H,(H2,5,6,7,8);. The van der Waals surface area contributed by atoms with Crippen molar-refractivity contribution < 1.29 is 5.48 Å². The molecule has 0 atom stereocenters. The van der Waals surface area contributed by atoms with Gasteiger partial charge in [0.25, 0.3) is 5.56 Å². The molecule has 48 valence electrons. The van der Waals surface area contributed by atoms with Gasteiger partial charge in [0, 0.05) is 17.7 Å². The van der Waals surface area contributed by atoms with Crippen LogP contribution in [0.25, 0.3) is 0 Å². The van der Waals surface area contributed by atoms with E-state index in [0.717, 1.165) is 0 Å². The lowest BCUT2D eigenvalue weighted by Crippen LogP contribution is -2.02. The van der Waals surface area contributed by atoms with Crippen LogP contribution in [-0.4, -0.2) is 9.97 Å². The van der Waals surface area contributed by atoms with Crippen molar-refractivity contribution in [2.75, 3.05) is 0 Å². The first-order valence-corrected chi connectivity index (χ1v) is 2.48. The van der Waals surface area contributed by atoms with Crippen molar-refractivity contribution in [2.24, 2.45) is 0 Å². The number of aromatic nitrogens is 2. The molecule has 0 amide bonds. The summed E-state index contributed by atoms with van der Waals surface area (Å²) in [5.41, 5.74) is -0.172. The fraction of sp³-hybridized carbons (Fsp3) is 0. The summed E-state index contributed by atoms with van der Waals surface area (Å²) in [4.78, 5) is 15.4. The second kappa shape index (κ2) is 3.16. The Hall–Kier alpha value is -0.940. The van der Waals surface area contributed by atoms with Gasteiger partial charge >= 0.3 is 0 Å². The Balaban J connectivity index is 0.000000640. The maximum Gasteiger partial charge on any atom is 0.251 e. The zero-order valence-corrected chi connectivity index (χ0v) is 5.20. The molecule has 1 heterocycles. The van der Waals surface area contributed by atoms with E-state index in [-0.39, 0.29) is 11.0 Å². The number of aromatic amines is 2. The molecule has 4 nitrogen and oxygen atoms in total. The minimum Gasteiger partial charge on any atom is -0.339 e. The molecule has 5 heteroatoms. The van der Waals surface area contributed by atoms with Crippen LogP contribution in [0.15, 0.2) is 17.1 Å². The Kier molecular flexibility index (Phi) is 2.83. The molecule has 1 rings (SSSR count). The third-order valence-electron chi connectivity index (χ3n) is 0.686. The van der Waals surface area contributed by atoms with Crippen LogP contribution in [-0.2, 0) is 5.48 Å². The van der Waals surface area contributed by atoms with E-state index in [1.54, 1.807) is 0 Å². The van der Waals surface area contributed by atoms with Crippen LogP contribution in [0.3, 0.4) is 0 Å². The number of rotatable bonds is 0. The maximum atomic E-state index is 10.3. The second-order valence-electron chi connectivity index (χ2n) is 1.30. The number of nitrogens with one attached hydrogen (secondary N) is 2. The van der Waals surface area contributed by atoms with Gasteiger partial charge in [-0.2, -0.15) is 0 Å². The van der Waals surface area contributed by atoms with Gasteiger partial charge in [0.05, 0.1) is 0 Å². The molecule has 2 radical (unpaired) electrons. The summed E-state index contributed by atoms with van der Waals surface area (Å²) in [6.45, 7) is 0. The summed E-state index contributed by atoms with van der Waals surface area (Å²) in [7, 11) is 0.